The molecule has 1 aliphatic rings. The van der Waals surface area contributed by atoms with Crippen LogP contribution in [0.25, 0.3) is 0 Å². The molecule has 2 aromatic rings. The number of hydrazone groups is 1. The molecular formula is C18H18F4N4O3. The molecule has 1 N–H and O–H groups in total. The summed E-state index contributed by atoms with van der Waals surface area (Å²) in [5.74, 6) is -0.625. The van der Waals surface area contributed by atoms with E-state index in [9.17, 15) is 27.5 Å². The Hall–Kier alpha value is -2.95. The summed E-state index contributed by atoms with van der Waals surface area (Å²) in [5.41, 5.74) is -2.64. The Bertz CT molecular complexity index is 947. The minimum Gasteiger partial charge on any atom is -0.471 e. The number of aryl methyl sites for hydroxylation is 2. The van der Waals surface area contributed by atoms with Crippen LogP contribution in [0.1, 0.15) is 28.0 Å². The summed E-state index contributed by atoms with van der Waals surface area (Å²) in [6, 6.07) is 6.80. The number of halogens is 4. The first-order valence-electron chi connectivity index (χ1n) is 8.56. The summed E-state index contributed by atoms with van der Waals surface area (Å²) in [7, 11) is 0. The van der Waals surface area contributed by atoms with Crippen molar-refractivity contribution in [1.82, 2.24) is 14.8 Å². The van der Waals surface area contributed by atoms with Gasteiger partial charge in [-0.3, -0.25) is 4.79 Å². The molecular weight excluding hydrogens is 396 g/mol. The minimum absolute atomic E-state index is 0.0304. The Kier molecular flexibility index (Phi) is 5.60. The van der Waals surface area contributed by atoms with E-state index in [-0.39, 0.29) is 17.4 Å². The zero-order valence-corrected chi connectivity index (χ0v) is 15.5. The highest BCUT2D eigenvalue weighted by atomic mass is 19.3. The van der Waals surface area contributed by atoms with E-state index in [0.717, 1.165) is 11.1 Å². The van der Waals surface area contributed by atoms with Crippen LogP contribution in [0, 0.1) is 13.8 Å². The normalized spacial score (nSPS) is 19.2. The fraction of sp³-hybridized carbons (Fsp3) is 0.389. The van der Waals surface area contributed by atoms with Crippen molar-refractivity contribution in [2.45, 2.75) is 45.6 Å². The Balaban J connectivity index is 1.76. The summed E-state index contributed by atoms with van der Waals surface area (Å²) in [6.07, 6.45) is -6.47. The highest BCUT2D eigenvalue weighted by Crippen LogP contribution is 2.34. The van der Waals surface area contributed by atoms with Gasteiger partial charge in [0, 0.05) is 12.6 Å². The number of aliphatic hydroxyl groups is 1. The first kappa shape index (κ1) is 20.8. The second kappa shape index (κ2) is 7.82. The maximum absolute atomic E-state index is 13.3. The first-order valence-corrected chi connectivity index (χ1v) is 8.56. The molecule has 1 aromatic heterocycles. The second-order valence-corrected chi connectivity index (χ2v) is 6.65. The smallest absolute Gasteiger partial charge is 0.297 e. The van der Waals surface area contributed by atoms with Gasteiger partial charge in [-0.15, -0.1) is 0 Å². The number of rotatable bonds is 6. The van der Waals surface area contributed by atoms with E-state index in [1.54, 1.807) is 0 Å². The molecule has 3 rings (SSSR count). The molecule has 0 saturated carbocycles. The molecule has 1 atom stereocenters. The number of benzene rings is 1. The number of carbonyl (C=O) groups is 1. The molecule has 7 nitrogen and oxygen atoms in total. The summed E-state index contributed by atoms with van der Waals surface area (Å²) in [4.78, 5) is 12.5. The maximum Gasteiger partial charge on any atom is 0.297 e. The van der Waals surface area contributed by atoms with Gasteiger partial charge in [-0.2, -0.15) is 15.2 Å². The monoisotopic (exact) mass is 414 g/mol. The van der Waals surface area contributed by atoms with Gasteiger partial charge in [-0.25, -0.2) is 22.2 Å². The molecule has 0 fully saturated rings. The van der Waals surface area contributed by atoms with Gasteiger partial charge in [0.1, 0.15) is 11.5 Å². The molecule has 1 amide bonds. The van der Waals surface area contributed by atoms with Gasteiger partial charge in [-0.1, -0.05) is 12.1 Å². The van der Waals surface area contributed by atoms with E-state index in [1.807, 2.05) is 32.0 Å². The van der Waals surface area contributed by atoms with Crippen molar-refractivity contribution in [1.29, 1.82) is 0 Å². The third-order valence-corrected chi connectivity index (χ3v) is 4.39. The number of alkyl halides is 4. The number of hydrogen-bond acceptors (Lipinski definition) is 5. The van der Waals surface area contributed by atoms with Crippen LogP contribution in [-0.2, 0) is 6.73 Å². The molecule has 0 spiro atoms. The summed E-state index contributed by atoms with van der Waals surface area (Å²) >= 11 is 0. The van der Waals surface area contributed by atoms with E-state index >= 15 is 0 Å². The predicted molar refractivity (Wildman–Crippen MR) is 94.0 cm³/mol. The van der Waals surface area contributed by atoms with E-state index in [0.29, 0.717) is 5.75 Å². The van der Waals surface area contributed by atoms with Crippen molar-refractivity contribution >= 4 is 11.6 Å². The number of hydrogen-bond donors (Lipinski definition) is 1. The first-order chi connectivity index (χ1) is 13.6. The van der Waals surface area contributed by atoms with Crippen LogP contribution in [-0.4, -0.2) is 50.1 Å². The molecule has 0 bridgehead atoms. The van der Waals surface area contributed by atoms with Crippen molar-refractivity contribution in [3.8, 4) is 5.75 Å². The van der Waals surface area contributed by atoms with Crippen molar-refractivity contribution < 1.29 is 32.2 Å². The molecule has 1 unspecified atom stereocenters. The lowest BCUT2D eigenvalue weighted by Gasteiger charge is -2.29. The van der Waals surface area contributed by atoms with Gasteiger partial charge >= 0.3 is 0 Å². The lowest BCUT2D eigenvalue weighted by Crippen LogP contribution is -2.51. The average Bonchev–Trinajstić information content (AvgIpc) is 3.27. The van der Waals surface area contributed by atoms with E-state index in [2.05, 4.69) is 10.2 Å². The largest absolute Gasteiger partial charge is 0.471 e. The maximum atomic E-state index is 13.3. The molecule has 0 saturated heterocycles. The molecule has 156 valence electrons. The lowest BCUT2D eigenvalue weighted by molar-refractivity contribution is -0.164. The molecule has 0 radical (unpaired) electrons. The third kappa shape index (κ3) is 4.09. The average molecular weight is 414 g/mol. The van der Waals surface area contributed by atoms with Gasteiger partial charge in [-0.05, 0) is 37.1 Å². The van der Waals surface area contributed by atoms with Gasteiger partial charge in [0.05, 0.1) is 0 Å². The van der Waals surface area contributed by atoms with E-state index in [1.165, 1.54) is 16.9 Å². The lowest BCUT2D eigenvalue weighted by atomic mass is 10.1. The number of amides is 1. The van der Waals surface area contributed by atoms with Gasteiger partial charge < -0.3 is 9.84 Å². The standard InChI is InChI=1S/C18H18F4N4O3/c1-10-3-4-11(2)14(7-10)29-9-25-6-5-12(23-25)16(27)26-18(28,17(21)22)8-13(24-26)15(19)20/h3-7,15,17,28H,8-9H2,1-2H3. The topological polar surface area (TPSA) is 80.0 Å². The zero-order chi connectivity index (χ0) is 21.3. The third-order valence-electron chi connectivity index (χ3n) is 4.39. The Morgan fingerprint density at radius 1 is 1.28 bits per heavy atom. The molecule has 11 heteroatoms. The van der Waals surface area contributed by atoms with Crippen LogP contribution in [0.5, 0.6) is 5.75 Å². The number of aromatic nitrogens is 2. The fourth-order valence-electron chi connectivity index (χ4n) is 2.76. The Labute approximate surface area is 163 Å². The van der Waals surface area contributed by atoms with Crippen LogP contribution in [0.4, 0.5) is 17.6 Å². The number of ether oxygens (including phenoxy) is 1. The number of carbonyl (C=O) groups excluding carboxylic acids is 1. The summed E-state index contributed by atoms with van der Waals surface area (Å²) in [5, 5.41) is 17.1. The van der Waals surface area contributed by atoms with E-state index in [4.69, 9.17) is 4.74 Å². The van der Waals surface area contributed by atoms with Crippen molar-refractivity contribution in [2.75, 3.05) is 0 Å². The van der Waals surface area contributed by atoms with Crippen LogP contribution < -0.4 is 4.74 Å². The SMILES string of the molecule is Cc1ccc(C)c(OCn2ccc(C(=O)N3N=C(C(F)F)CC3(O)C(F)F)n2)c1. The molecule has 1 aromatic carbocycles. The Morgan fingerprint density at radius 3 is 2.66 bits per heavy atom. The zero-order valence-electron chi connectivity index (χ0n) is 15.5. The highest BCUT2D eigenvalue weighted by Gasteiger charge is 2.53. The van der Waals surface area contributed by atoms with Crippen LogP contribution >= 0.6 is 0 Å². The summed E-state index contributed by atoms with van der Waals surface area (Å²) < 4.78 is 59.1. The fourth-order valence-corrected chi connectivity index (χ4v) is 2.76. The molecule has 0 aliphatic carbocycles. The molecule has 1 aliphatic heterocycles. The van der Waals surface area contributed by atoms with Crippen LogP contribution in [0.3, 0.4) is 0 Å². The van der Waals surface area contributed by atoms with Gasteiger partial charge in [0.25, 0.3) is 18.8 Å². The van der Waals surface area contributed by atoms with Crippen LogP contribution in [0.15, 0.2) is 35.6 Å². The van der Waals surface area contributed by atoms with Crippen molar-refractivity contribution in [3.05, 3.63) is 47.3 Å². The van der Waals surface area contributed by atoms with Crippen molar-refractivity contribution in [2.24, 2.45) is 5.10 Å². The number of nitrogens with zero attached hydrogens (tertiary/aromatic N) is 4. The van der Waals surface area contributed by atoms with Crippen LogP contribution in [0.2, 0.25) is 0 Å². The summed E-state index contributed by atoms with van der Waals surface area (Å²) in [6.45, 7) is 3.66. The second-order valence-electron chi connectivity index (χ2n) is 6.65. The minimum atomic E-state index is -3.50. The van der Waals surface area contributed by atoms with Gasteiger partial charge in [0.2, 0.25) is 5.72 Å². The van der Waals surface area contributed by atoms with Gasteiger partial charge in [0.15, 0.2) is 12.4 Å². The molecule has 29 heavy (non-hydrogen) atoms. The highest BCUT2D eigenvalue weighted by molar-refractivity contribution is 5.97. The Morgan fingerprint density at radius 2 is 2.00 bits per heavy atom. The quantitative estimate of drug-likeness (QED) is 0.738. The predicted octanol–water partition coefficient (Wildman–Crippen LogP) is 2.96. The van der Waals surface area contributed by atoms with E-state index < -0.39 is 36.6 Å². The molecule has 2 heterocycles. The van der Waals surface area contributed by atoms with Crippen molar-refractivity contribution in [3.63, 3.8) is 0 Å².